The average molecular weight is 363 g/mol. The number of aryl methyl sites for hydroxylation is 1. The Bertz CT molecular complexity index is 923. The normalized spacial score (nSPS) is 13.0. The summed E-state index contributed by atoms with van der Waals surface area (Å²) >= 11 is 0. The molecule has 0 spiro atoms. The summed E-state index contributed by atoms with van der Waals surface area (Å²) in [5.74, 6) is 0.00751. The third-order valence-corrected chi connectivity index (χ3v) is 5.13. The van der Waals surface area contributed by atoms with Gasteiger partial charge in [0.25, 0.3) is 10.0 Å². The van der Waals surface area contributed by atoms with E-state index in [2.05, 4.69) is 4.72 Å². The van der Waals surface area contributed by atoms with Gasteiger partial charge in [0, 0.05) is 12.1 Å². The molecule has 0 amide bonds. The molecule has 0 bridgehead atoms. The van der Waals surface area contributed by atoms with Crippen molar-refractivity contribution in [3.05, 3.63) is 47.5 Å². The van der Waals surface area contributed by atoms with Crippen molar-refractivity contribution in [2.24, 2.45) is 0 Å². The molecule has 1 aliphatic heterocycles. The molecule has 3 rings (SSSR count). The number of hydrogen-bond acceptors (Lipinski definition) is 5. The van der Waals surface area contributed by atoms with E-state index in [0.717, 1.165) is 17.7 Å². The monoisotopic (exact) mass is 363 g/mol. The summed E-state index contributed by atoms with van der Waals surface area (Å²) in [6.07, 6.45) is 0.750. The topological polar surface area (TPSA) is 102 Å². The summed E-state index contributed by atoms with van der Waals surface area (Å²) < 4.78 is 38.2. The lowest BCUT2D eigenvalue weighted by molar-refractivity contribution is -0.139. The van der Waals surface area contributed by atoms with E-state index in [4.69, 9.17) is 14.6 Å². The first-order valence-corrected chi connectivity index (χ1v) is 9.07. The molecule has 8 heteroatoms. The van der Waals surface area contributed by atoms with Gasteiger partial charge in [-0.1, -0.05) is 0 Å². The maximum atomic E-state index is 12.6. The number of ether oxygens (including phenoxy) is 2. The van der Waals surface area contributed by atoms with Gasteiger partial charge in [-0.25, -0.2) is 13.2 Å². The molecule has 0 aromatic heterocycles. The Morgan fingerprint density at radius 2 is 2.08 bits per heavy atom. The molecule has 1 heterocycles. The minimum atomic E-state index is -3.76. The van der Waals surface area contributed by atoms with Crippen LogP contribution in [0.2, 0.25) is 0 Å². The quantitative estimate of drug-likeness (QED) is 0.816. The fourth-order valence-corrected chi connectivity index (χ4v) is 3.69. The van der Waals surface area contributed by atoms with E-state index >= 15 is 0 Å². The maximum Gasteiger partial charge on any atom is 0.341 e. The predicted octanol–water partition coefficient (Wildman–Crippen LogP) is 2.19. The zero-order valence-corrected chi connectivity index (χ0v) is 14.3. The van der Waals surface area contributed by atoms with Crippen LogP contribution in [-0.2, 0) is 21.2 Å². The number of benzene rings is 2. The lowest BCUT2D eigenvalue weighted by Crippen LogP contribution is -2.14. The molecule has 0 fully saturated rings. The molecule has 2 aromatic carbocycles. The lowest BCUT2D eigenvalue weighted by Gasteiger charge is -2.12. The number of nitrogens with one attached hydrogen (secondary N) is 1. The van der Waals surface area contributed by atoms with Gasteiger partial charge in [-0.3, -0.25) is 4.72 Å². The fraction of sp³-hybridized carbons (Fsp3) is 0.235. The van der Waals surface area contributed by atoms with E-state index in [0.29, 0.717) is 23.6 Å². The highest BCUT2D eigenvalue weighted by Gasteiger charge is 2.18. The highest BCUT2D eigenvalue weighted by molar-refractivity contribution is 7.92. The van der Waals surface area contributed by atoms with Crippen LogP contribution in [0.25, 0.3) is 0 Å². The number of sulfonamides is 1. The molecule has 0 saturated carbocycles. The van der Waals surface area contributed by atoms with Crippen LogP contribution in [0.4, 0.5) is 5.69 Å². The summed E-state index contributed by atoms with van der Waals surface area (Å²) in [5.41, 5.74) is 1.97. The number of carboxylic acid groups (broad SMARTS) is 1. The number of fused-ring (bicyclic) bond motifs is 1. The Morgan fingerprint density at radius 3 is 2.80 bits per heavy atom. The summed E-state index contributed by atoms with van der Waals surface area (Å²) in [7, 11) is -3.76. The van der Waals surface area contributed by atoms with Gasteiger partial charge in [0.2, 0.25) is 0 Å². The minimum Gasteiger partial charge on any atom is -0.493 e. The zero-order valence-electron chi connectivity index (χ0n) is 13.5. The van der Waals surface area contributed by atoms with Crippen molar-refractivity contribution in [3.8, 4) is 11.5 Å². The number of carboxylic acids is 1. The second kappa shape index (κ2) is 6.64. The van der Waals surface area contributed by atoms with E-state index in [9.17, 15) is 13.2 Å². The Morgan fingerprint density at radius 1 is 1.28 bits per heavy atom. The molecule has 2 N–H and O–H groups in total. The molecule has 132 valence electrons. The fourth-order valence-electron chi connectivity index (χ4n) is 2.55. The summed E-state index contributed by atoms with van der Waals surface area (Å²) in [4.78, 5) is 10.6. The first-order valence-electron chi connectivity index (χ1n) is 7.59. The second-order valence-corrected chi connectivity index (χ2v) is 7.32. The summed E-state index contributed by atoms with van der Waals surface area (Å²) in [5, 5.41) is 8.64. The highest BCUT2D eigenvalue weighted by Crippen LogP contribution is 2.29. The molecule has 7 nitrogen and oxygen atoms in total. The van der Waals surface area contributed by atoms with Gasteiger partial charge in [0.1, 0.15) is 11.5 Å². The van der Waals surface area contributed by atoms with Gasteiger partial charge in [-0.15, -0.1) is 0 Å². The van der Waals surface area contributed by atoms with Crippen LogP contribution >= 0.6 is 0 Å². The molecular weight excluding hydrogens is 346 g/mol. The largest absolute Gasteiger partial charge is 0.493 e. The SMILES string of the molecule is Cc1cc(S(=O)(=O)Nc2ccc3c(c2)CCO3)ccc1OCC(=O)O. The van der Waals surface area contributed by atoms with E-state index < -0.39 is 22.6 Å². The number of rotatable bonds is 6. The molecule has 2 aromatic rings. The van der Waals surface area contributed by atoms with Crippen molar-refractivity contribution in [2.75, 3.05) is 17.9 Å². The molecule has 0 aliphatic carbocycles. The third kappa shape index (κ3) is 3.85. The van der Waals surface area contributed by atoms with E-state index in [1.54, 1.807) is 25.1 Å². The number of hydrogen-bond donors (Lipinski definition) is 2. The van der Waals surface area contributed by atoms with Gasteiger partial charge < -0.3 is 14.6 Å². The van der Waals surface area contributed by atoms with Gasteiger partial charge in [0.05, 0.1) is 11.5 Å². The maximum absolute atomic E-state index is 12.6. The molecule has 0 unspecified atom stereocenters. The highest BCUT2D eigenvalue weighted by atomic mass is 32.2. The Labute approximate surface area is 145 Å². The molecule has 0 saturated heterocycles. The van der Waals surface area contributed by atoms with Crippen molar-refractivity contribution < 1.29 is 27.8 Å². The molecular formula is C17H17NO6S. The van der Waals surface area contributed by atoms with Crippen molar-refractivity contribution >= 4 is 21.7 Å². The van der Waals surface area contributed by atoms with Crippen molar-refractivity contribution in [2.45, 2.75) is 18.2 Å². The van der Waals surface area contributed by atoms with Crippen LogP contribution in [0.1, 0.15) is 11.1 Å². The van der Waals surface area contributed by atoms with Crippen LogP contribution in [-0.4, -0.2) is 32.7 Å². The van der Waals surface area contributed by atoms with E-state index in [-0.39, 0.29) is 4.90 Å². The number of anilines is 1. The van der Waals surface area contributed by atoms with Gasteiger partial charge in [-0.05, 0) is 54.4 Å². The van der Waals surface area contributed by atoms with E-state index in [1.807, 2.05) is 0 Å². The molecule has 0 radical (unpaired) electrons. The van der Waals surface area contributed by atoms with Crippen LogP contribution in [0.15, 0.2) is 41.3 Å². The minimum absolute atomic E-state index is 0.0735. The van der Waals surface area contributed by atoms with Crippen LogP contribution < -0.4 is 14.2 Å². The second-order valence-electron chi connectivity index (χ2n) is 5.64. The molecule has 1 aliphatic rings. The average Bonchev–Trinajstić information content (AvgIpc) is 3.00. The third-order valence-electron chi connectivity index (χ3n) is 3.75. The number of carbonyl (C=O) groups is 1. The van der Waals surface area contributed by atoms with Crippen molar-refractivity contribution in [1.29, 1.82) is 0 Å². The molecule has 0 atom stereocenters. The Balaban J connectivity index is 1.80. The smallest absolute Gasteiger partial charge is 0.341 e. The van der Waals surface area contributed by atoms with Gasteiger partial charge in [0.15, 0.2) is 6.61 Å². The van der Waals surface area contributed by atoms with Crippen molar-refractivity contribution in [3.63, 3.8) is 0 Å². The summed E-state index contributed by atoms with van der Waals surface area (Å²) in [6.45, 7) is 1.77. The van der Waals surface area contributed by atoms with E-state index in [1.165, 1.54) is 18.2 Å². The Hall–Kier alpha value is -2.74. The Kier molecular flexibility index (Phi) is 4.54. The predicted molar refractivity (Wildman–Crippen MR) is 90.8 cm³/mol. The standard InChI is InChI=1S/C17H17NO6S/c1-11-8-14(3-5-15(11)24-10-17(19)20)25(21,22)18-13-2-4-16-12(9-13)6-7-23-16/h2-5,8-9,18H,6-7,10H2,1H3,(H,19,20). The lowest BCUT2D eigenvalue weighted by atomic mass is 10.1. The first kappa shape index (κ1) is 17.1. The van der Waals surface area contributed by atoms with Crippen LogP contribution in [0.5, 0.6) is 11.5 Å². The first-order chi connectivity index (χ1) is 11.8. The number of aliphatic carboxylic acids is 1. The van der Waals surface area contributed by atoms with Gasteiger partial charge >= 0.3 is 5.97 Å². The van der Waals surface area contributed by atoms with Gasteiger partial charge in [-0.2, -0.15) is 0 Å². The van der Waals surface area contributed by atoms with Crippen molar-refractivity contribution in [1.82, 2.24) is 0 Å². The van der Waals surface area contributed by atoms with Crippen LogP contribution in [0.3, 0.4) is 0 Å². The van der Waals surface area contributed by atoms with Crippen LogP contribution in [0, 0.1) is 6.92 Å². The zero-order chi connectivity index (χ0) is 18.0. The summed E-state index contributed by atoms with van der Waals surface area (Å²) in [6, 6.07) is 9.42. The molecule has 25 heavy (non-hydrogen) atoms.